The van der Waals surface area contributed by atoms with Crippen LogP contribution in [0.3, 0.4) is 0 Å². The van der Waals surface area contributed by atoms with E-state index >= 15 is 0 Å². The highest BCUT2D eigenvalue weighted by atomic mass is 32.2. The van der Waals surface area contributed by atoms with E-state index in [2.05, 4.69) is 10.1 Å². The van der Waals surface area contributed by atoms with E-state index in [9.17, 15) is 13.2 Å². The fourth-order valence-electron chi connectivity index (χ4n) is 0.798. The van der Waals surface area contributed by atoms with Crippen LogP contribution in [0.25, 0.3) is 0 Å². The van der Waals surface area contributed by atoms with Crippen LogP contribution >= 0.6 is 0 Å². The molecule has 0 amide bonds. The number of hydrogen-bond acceptors (Lipinski definition) is 3. The van der Waals surface area contributed by atoms with Crippen molar-refractivity contribution in [3.8, 4) is 0 Å². The van der Waals surface area contributed by atoms with Gasteiger partial charge in [-0.15, -0.1) is 0 Å². The van der Waals surface area contributed by atoms with Crippen molar-refractivity contribution in [1.29, 1.82) is 0 Å². The lowest BCUT2D eigenvalue weighted by molar-refractivity contribution is -0.137. The summed E-state index contributed by atoms with van der Waals surface area (Å²) < 4.78 is 53.7. The molecule has 8 heteroatoms. The zero-order valence-electron chi connectivity index (χ0n) is 8.54. The SMILES string of the molecule is Cc1cc(C(F)(F)F)cnc1C.NS(=O)[O-]. The number of rotatable bonds is 0. The van der Waals surface area contributed by atoms with E-state index in [1.165, 1.54) is 0 Å². The minimum atomic E-state index is -4.29. The molecule has 1 atom stereocenters. The summed E-state index contributed by atoms with van der Waals surface area (Å²) in [6.07, 6.45) is -3.44. The summed E-state index contributed by atoms with van der Waals surface area (Å²) in [4.78, 5) is 3.63. The molecule has 1 rings (SSSR count). The molecule has 1 aromatic rings. The number of halogens is 3. The average Bonchev–Trinajstić information content (AvgIpc) is 2.06. The summed E-state index contributed by atoms with van der Waals surface area (Å²) in [5, 5.41) is 4.03. The van der Waals surface area contributed by atoms with Crippen molar-refractivity contribution >= 4 is 11.3 Å². The average molecular weight is 255 g/mol. The Kier molecular flexibility index (Phi) is 5.56. The van der Waals surface area contributed by atoms with Gasteiger partial charge >= 0.3 is 6.18 Å². The maximum absolute atomic E-state index is 12.1. The molecule has 2 N–H and O–H groups in total. The first-order valence-corrected chi connectivity index (χ1v) is 5.12. The van der Waals surface area contributed by atoms with E-state index in [4.69, 9.17) is 8.76 Å². The predicted octanol–water partition coefficient (Wildman–Crippen LogP) is 1.46. The van der Waals surface area contributed by atoms with Gasteiger partial charge in [-0.3, -0.25) is 14.3 Å². The molecule has 0 radical (unpaired) electrons. The van der Waals surface area contributed by atoms with Crippen molar-refractivity contribution in [3.05, 3.63) is 29.1 Å². The summed E-state index contributed by atoms with van der Waals surface area (Å²) >= 11 is -2.36. The van der Waals surface area contributed by atoms with E-state index < -0.39 is 23.0 Å². The first-order chi connectivity index (χ1) is 7.14. The molecular formula is C8H10F3N2O2S-. The predicted molar refractivity (Wildman–Crippen MR) is 51.8 cm³/mol. The summed E-state index contributed by atoms with van der Waals surface area (Å²) in [6.45, 7) is 3.28. The van der Waals surface area contributed by atoms with Crippen molar-refractivity contribution in [2.45, 2.75) is 20.0 Å². The van der Waals surface area contributed by atoms with Crippen LogP contribution in [0.1, 0.15) is 16.8 Å². The molecule has 92 valence electrons. The molecule has 0 aliphatic heterocycles. The fourth-order valence-corrected chi connectivity index (χ4v) is 0.798. The maximum Gasteiger partial charge on any atom is 0.417 e. The summed E-state index contributed by atoms with van der Waals surface area (Å²) in [5.74, 6) is 0. The Labute approximate surface area is 93.1 Å². The summed E-state index contributed by atoms with van der Waals surface area (Å²) in [7, 11) is 0. The molecule has 0 saturated carbocycles. The third-order valence-electron chi connectivity index (χ3n) is 1.67. The third-order valence-corrected chi connectivity index (χ3v) is 1.67. The molecule has 0 spiro atoms. The Morgan fingerprint density at radius 2 is 1.88 bits per heavy atom. The number of aromatic nitrogens is 1. The van der Waals surface area contributed by atoms with Crippen LogP contribution in [0.2, 0.25) is 0 Å². The van der Waals surface area contributed by atoms with E-state index in [-0.39, 0.29) is 0 Å². The third kappa shape index (κ3) is 5.79. The molecule has 1 unspecified atom stereocenters. The van der Waals surface area contributed by atoms with Gasteiger partial charge in [0.2, 0.25) is 0 Å². The number of aryl methyl sites for hydroxylation is 2. The highest BCUT2D eigenvalue weighted by Crippen LogP contribution is 2.29. The van der Waals surface area contributed by atoms with Crippen LogP contribution in [0.15, 0.2) is 12.3 Å². The molecule has 1 aromatic heterocycles. The number of hydrogen-bond donors (Lipinski definition) is 1. The van der Waals surface area contributed by atoms with Crippen LogP contribution in [0, 0.1) is 13.8 Å². The topological polar surface area (TPSA) is 79.0 Å². The minimum absolute atomic E-state index is 0.560. The van der Waals surface area contributed by atoms with Crippen LogP contribution in [-0.4, -0.2) is 13.7 Å². The molecule has 0 bridgehead atoms. The lowest BCUT2D eigenvalue weighted by atomic mass is 10.1. The van der Waals surface area contributed by atoms with Crippen LogP contribution in [0.5, 0.6) is 0 Å². The molecule has 0 aromatic carbocycles. The van der Waals surface area contributed by atoms with Gasteiger partial charge in [0.25, 0.3) is 0 Å². The molecule has 0 aliphatic rings. The Balaban J connectivity index is 0.000000487. The molecule has 0 aliphatic carbocycles. The summed E-state index contributed by atoms with van der Waals surface area (Å²) in [6, 6.07) is 1.10. The number of alkyl halides is 3. The number of pyridine rings is 1. The van der Waals surface area contributed by atoms with Crippen LogP contribution in [0.4, 0.5) is 13.2 Å². The van der Waals surface area contributed by atoms with Crippen molar-refractivity contribution < 1.29 is 21.9 Å². The van der Waals surface area contributed by atoms with Gasteiger partial charge < -0.3 is 4.55 Å². The first-order valence-electron chi connectivity index (χ1n) is 3.98. The summed E-state index contributed by atoms with van der Waals surface area (Å²) in [5.41, 5.74) is 0.499. The standard InChI is InChI=1S/C8H8F3N.H3NO2S/c1-5-3-7(8(9,10)11)4-12-6(5)2;1-4(2)3/h3-4H,1-2H3;1H2,(H,2,3)/p-1. The molecule has 1 heterocycles. The lowest BCUT2D eigenvalue weighted by Crippen LogP contribution is -2.06. The van der Waals surface area contributed by atoms with E-state index in [0.717, 1.165) is 12.3 Å². The molecule has 16 heavy (non-hydrogen) atoms. The van der Waals surface area contributed by atoms with Gasteiger partial charge in [0, 0.05) is 23.2 Å². The first kappa shape index (κ1) is 15.0. The lowest BCUT2D eigenvalue weighted by Gasteiger charge is -2.07. The van der Waals surface area contributed by atoms with Crippen molar-refractivity contribution in [1.82, 2.24) is 4.98 Å². The van der Waals surface area contributed by atoms with Crippen molar-refractivity contribution in [3.63, 3.8) is 0 Å². The monoisotopic (exact) mass is 255 g/mol. The second kappa shape index (κ2) is 5.92. The fraction of sp³-hybridized carbons (Fsp3) is 0.375. The Hall–Kier alpha value is -0.990. The van der Waals surface area contributed by atoms with Gasteiger partial charge in [-0.05, 0) is 25.5 Å². The quantitative estimate of drug-likeness (QED) is 0.713. The molecule has 0 saturated heterocycles. The van der Waals surface area contributed by atoms with Crippen LogP contribution < -0.4 is 5.14 Å². The van der Waals surface area contributed by atoms with Gasteiger partial charge in [0.15, 0.2) is 0 Å². The highest BCUT2D eigenvalue weighted by molar-refractivity contribution is 7.76. The molecular weight excluding hydrogens is 245 g/mol. The van der Waals surface area contributed by atoms with Gasteiger partial charge in [0.05, 0.1) is 5.56 Å². The normalized spacial score (nSPS) is 12.7. The van der Waals surface area contributed by atoms with Gasteiger partial charge in [-0.25, -0.2) is 0 Å². The minimum Gasteiger partial charge on any atom is -0.760 e. The van der Waals surface area contributed by atoms with Gasteiger partial charge in [-0.1, -0.05) is 0 Å². The smallest absolute Gasteiger partial charge is 0.417 e. The van der Waals surface area contributed by atoms with E-state index in [0.29, 0.717) is 11.3 Å². The second-order valence-corrected chi connectivity index (χ2v) is 3.41. The Morgan fingerprint density at radius 1 is 1.44 bits per heavy atom. The zero-order chi connectivity index (χ0) is 12.9. The Bertz CT molecular complexity index is 378. The Morgan fingerprint density at radius 3 is 2.19 bits per heavy atom. The van der Waals surface area contributed by atoms with Crippen molar-refractivity contribution in [2.24, 2.45) is 5.14 Å². The number of nitrogens with two attached hydrogens (primary N) is 1. The largest absolute Gasteiger partial charge is 0.760 e. The van der Waals surface area contributed by atoms with Gasteiger partial charge in [-0.2, -0.15) is 13.2 Å². The van der Waals surface area contributed by atoms with Crippen molar-refractivity contribution in [2.75, 3.05) is 0 Å². The molecule has 4 nitrogen and oxygen atoms in total. The maximum atomic E-state index is 12.1. The zero-order valence-corrected chi connectivity index (χ0v) is 9.35. The van der Waals surface area contributed by atoms with E-state index in [1.54, 1.807) is 13.8 Å². The number of nitrogens with zero attached hydrogens (tertiary/aromatic N) is 1. The molecule has 0 fully saturated rings. The highest BCUT2D eigenvalue weighted by Gasteiger charge is 2.30. The second-order valence-electron chi connectivity index (χ2n) is 2.88. The van der Waals surface area contributed by atoms with E-state index in [1.807, 2.05) is 0 Å². The van der Waals surface area contributed by atoms with Crippen LogP contribution in [-0.2, 0) is 17.4 Å². The van der Waals surface area contributed by atoms with Gasteiger partial charge in [0.1, 0.15) is 0 Å².